The van der Waals surface area contributed by atoms with Crippen LogP contribution in [0.25, 0.3) is 0 Å². The molecule has 0 atom stereocenters. The van der Waals surface area contributed by atoms with Gasteiger partial charge in [0.1, 0.15) is 0 Å². The molecule has 0 aliphatic carbocycles. The maximum Gasteiger partial charge on any atom is 0.200 e. The molecule has 0 amide bonds. The van der Waals surface area contributed by atoms with Crippen LogP contribution < -0.4 is 5.32 Å². The third-order valence-electron chi connectivity index (χ3n) is 2.40. The van der Waals surface area contributed by atoms with Crippen LogP contribution in [0.3, 0.4) is 0 Å². The van der Waals surface area contributed by atoms with E-state index < -0.39 is 5.75 Å². The number of nitrogens with one attached hydrogen (secondary N) is 2. The van der Waals surface area contributed by atoms with Crippen molar-refractivity contribution in [3.63, 3.8) is 0 Å². The minimum Gasteiger partial charge on any atom is -0.504 e. The summed E-state index contributed by atoms with van der Waals surface area (Å²) in [5, 5.41) is 37.7. The highest BCUT2D eigenvalue weighted by Crippen LogP contribution is 2.36. The SMILES string of the molecule is Oc1ccc(CNCc2ccn[nH]2)c(O)c1O. The van der Waals surface area contributed by atoms with Crippen molar-refractivity contribution in [1.82, 2.24) is 15.5 Å². The molecule has 90 valence electrons. The van der Waals surface area contributed by atoms with Crippen molar-refractivity contribution in [2.75, 3.05) is 0 Å². The maximum absolute atomic E-state index is 9.57. The Kier molecular flexibility index (Phi) is 3.15. The van der Waals surface area contributed by atoms with Gasteiger partial charge in [0.25, 0.3) is 0 Å². The monoisotopic (exact) mass is 235 g/mol. The van der Waals surface area contributed by atoms with E-state index in [0.29, 0.717) is 18.7 Å². The molecule has 0 bridgehead atoms. The highest BCUT2D eigenvalue weighted by atomic mass is 16.3. The van der Waals surface area contributed by atoms with Crippen molar-refractivity contribution in [3.05, 3.63) is 35.7 Å². The number of hydrogen-bond acceptors (Lipinski definition) is 5. The summed E-state index contributed by atoms with van der Waals surface area (Å²) in [6, 6.07) is 4.72. The Hall–Kier alpha value is -2.21. The fraction of sp³-hybridized carbons (Fsp3) is 0.182. The average Bonchev–Trinajstić information content (AvgIpc) is 2.82. The van der Waals surface area contributed by atoms with Crippen LogP contribution in [0, 0.1) is 0 Å². The summed E-state index contributed by atoms with van der Waals surface area (Å²) in [6.07, 6.45) is 1.65. The van der Waals surface area contributed by atoms with Crippen LogP contribution in [0.4, 0.5) is 0 Å². The smallest absolute Gasteiger partial charge is 0.200 e. The van der Waals surface area contributed by atoms with Crippen LogP contribution in [-0.4, -0.2) is 25.5 Å². The Labute approximate surface area is 97.5 Å². The third kappa shape index (κ3) is 2.48. The normalized spacial score (nSPS) is 10.6. The molecule has 5 N–H and O–H groups in total. The number of phenols is 3. The third-order valence-corrected chi connectivity index (χ3v) is 2.40. The zero-order chi connectivity index (χ0) is 12.3. The molecule has 0 radical (unpaired) electrons. The zero-order valence-corrected chi connectivity index (χ0v) is 9.01. The molecular formula is C11H13N3O3. The lowest BCUT2D eigenvalue weighted by Crippen LogP contribution is -2.13. The molecule has 1 aromatic heterocycles. The van der Waals surface area contributed by atoms with Gasteiger partial charge in [-0.1, -0.05) is 6.07 Å². The second-order valence-electron chi connectivity index (χ2n) is 3.63. The van der Waals surface area contributed by atoms with Gasteiger partial charge in [-0.25, -0.2) is 0 Å². The van der Waals surface area contributed by atoms with Crippen LogP contribution in [0.15, 0.2) is 24.4 Å². The van der Waals surface area contributed by atoms with Crippen molar-refractivity contribution in [3.8, 4) is 17.2 Å². The molecule has 6 nitrogen and oxygen atoms in total. The van der Waals surface area contributed by atoms with Gasteiger partial charge in [-0.15, -0.1) is 0 Å². The number of nitrogens with zero attached hydrogens (tertiary/aromatic N) is 1. The molecule has 2 rings (SSSR count). The molecule has 0 spiro atoms. The van der Waals surface area contributed by atoms with Gasteiger partial charge in [0.15, 0.2) is 11.5 Å². The summed E-state index contributed by atoms with van der Waals surface area (Å²) < 4.78 is 0. The number of benzene rings is 1. The fourth-order valence-electron chi connectivity index (χ4n) is 1.47. The number of hydrogen-bond donors (Lipinski definition) is 5. The molecular weight excluding hydrogens is 222 g/mol. The van der Waals surface area contributed by atoms with Crippen LogP contribution in [0.2, 0.25) is 0 Å². The highest BCUT2D eigenvalue weighted by Gasteiger charge is 2.10. The van der Waals surface area contributed by atoms with Gasteiger partial charge < -0.3 is 20.6 Å². The lowest BCUT2D eigenvalue weighted by Gasteiger charge is -2.08. The molecule has 0 aliphatic rings. The first-order chi connectivity index (χ1) is 8.18. The number of aromatic amines is 1. The molecule has 0 fully saturated rings. The Morgan fingerprint density at radius 3 is 2.59 bits per heavy atom. The summed E-state index contributed by atoms with van der Waals surface area (Å²) in [4.78, 5) is 0. The molecule has 0 saturated heterocycles. The van der Waals surface area contributed by atoms with Gasteiger partial charge in [0.2, 0.25) is 5.75 Å². The predicted molar refractivity (Wildman–Crippen MR) is 60.6 cm³/mol. The van der Waals surface area contributed by atoms with Gasteiger partial charge in [0.05, 0.1) is 0 Å². The average molecular weight is 235 g/mol. The first-order valence-electron chi connectivity index (χ1n) is 5.10. The van der Waals surface area contributed by atoms with E-state index in [0.717, 1.165) is 5.69 Å². The van der Waals surface area contributed by atoms with Crippen molar-refractivity contribution >= 4 is 0 Å². The summed E-state index contributed by atoms with van der Waals surface area (Å²) in [5.74, 6) is -1.13. The van der Waals surface area contributed by atoms with E-state index in [1.54, 1.807) is 12.3 Å². The standard InChI is InChI=1S/C11H13N3O3/c15-9-2-1-7(10(16)11(9)17)5-12-6-8-3-4-13-14-8/h1-4,12,15-17H,5-6H2,(H,13,14). The van der Waals surface area contributed by atoms with Gasteiger partial charge in [-0.3, -0.25) is 5.10 Å². The Bertz CT molecular complexity index is 497. The molecule has 1 aromatic carbocycles. The minimum absolute atomic E-state index is 0.304. The lowest BCUT2D eigenvalue weighted by molar-refractivity contribution is 0.364. The van der Waals surface area contributed by atoms with Gasteiger partial charge >= 0.3 is 0 Å². The van der Waals surface area contributed by atoms with Crippen molar-refractivity contribution in [2.45, 2.75) is 13.1 Å². The topological polar surface area (TPSA) is 101 Å². The van der Waals surface area contributed by atoms with Crippen LogP contribution in [-0.2, 0) is 13.1 Å². The summed E-state index contributed by atoms with van der Waals surface area (Å²) in [7, 11) is 0. The molecule has 6 heteroatoms. The number of phenolic OH excluding ortho intramolecular Hbond substituents is 3. The van der Waals surface area contributed by atoms with Crippen molar-refractivity contribution in [2.24, 2.45) is 0 Å². The largest absolute Gasteiger partial charge is 0.504 e. The number of rotatable bonds is 4. The molecule has 17 heavy (non-hydrogen) atoms. The van der Waals surface area contributed by atoms with Crippen LogP contribution in [0.1, 0.15) is 11.3 Å². The van der Waals surface area contributed by atoms with E-state index in [4.69, 9.17) is 5.11 Å². The zero-order valence-electron chi connectivity index (χ0n) is 9.01. The Balaban J connectivity index is 1.97. The van der Waals surface area contributed by atoms with E-state index >= 15 is 0 Å². The second-order valence-corrected chi connectivity index (χ2v) is 3.63. The number of aromatic hydroxyl groups is 3. The van der Waals surface area contributed by atoms with Crippen LogP contribution >= 0.6 is 0 Å². The first kappa shape index (κ1) is 11.3. The van der Waals surface area contributed by atoms with E-state index in [1.165, 1.54) is 6.07 Å². The highest BCUT2D eigenvalue weighted by molar-refractivity contribution is 5.52. The number of aromatic nitrogens is 2. The van der Waals surface area contributed by atoms with E-state index in [2.05, 4.69) is 15.5 Å². The maximum atomic E-state index is 9.57. The van der Waals surface area contributed by atoms with Gasteiger partial charge in [-0.2, -0.15) is 5.10 Å². The quantitative estimate of drug-likeness (QED) is 0.505. The van der Waals surface area contributed by atoms with E-state index in [1.807, 2.05) is 6.07 Å². The summed E-state index contributed by atoms with van der Waals surface area (Å²) in [6.45, 7) is 0.944. The number of H-pyrrole nitrogens is 1. The summed E-state index contributed by atoms with van der Waals surface area (Å²) >= 11 is 0. The van der Waals surface area contributed by atoms with Crippen molar-refractivity contribution in [1.29, 1.82) is 0 Å². The molecule has 2 aromatic rings. The lowest BCUT2D eigenvalue weighted by atomic mass is 10.1. The van der Waals surface area contributed by atoms with Gasteiger partial charge in [-0.05, 0) is 12.1 Å². The van der Waals surface area contributed by atoms with E-state index in [9.17, 15) is 10.2 Å². The Morgan fingerprint density at radius 2 is 1.88 bits per heavy atom. The van der Waals surface area contributed by atoms with E-state index in [-0.39, 0.29) is 11.5 Å². The Morgan fingerprint density at radius 1 is 1.06 bits per heavy atom. The molecule has 0 aliphatic heterocycles. The minimum atomic E-state index is -0.495. The second kappa shape index (κ2) is 4.75. The molecule has 0 unspecified atom stereocenters. The van der Waals surface area contributed by atoms with Crippen LogP contribution in [0.5, 0.6) is 17.2 Å². The predicted octanol–water partition coefficient (Wildman–Crippen LogP) is 0.816. The fourth-order valence-corrected chi connectivity index (χ4v) is 1.47. The molecule has 1 heterocycles. The first-order valence-corrected chi connectivity index (χ1v) is 5.10. The summed E-state index contributed by atoms with van der Waals surface area (Å²) in [5.41, 5.74) is 1.44. The van der Waals surface area contributed by atoms with Crippen molar-refractivity contribution < 1.29 is 15.3 Å². The van der Waals surface area contributed by atoms with Gasteiger partial charge in [0, 0.05) is 30.5 Å². The molecule has 0 saturated carbocycles.